The molecule has 1 aromatic heterocycles. The van der Waals surface area contributed by atoms with Crippen molar-refractivity contribution >= 4 is 11.3 Å². The van der Waals surface area contributed by atoms with Gasteiger partial charge in [-0.3, -0.25) is 0 Å². The molecule has 0 aliphatic carbocycles. The van der Waals surface area contributed by atoms with Crippen molar-refractivity contribution in [3.63, 3.8) is 0 Å². The van der Waals surface area contributed by atoms with Crippen LogP contribution in [0, 0.1) is 12.8 Å². The van der Waals surface area contributed by atoms with Gasteiger partial charge in [0.15, 0.2) is 0 Å². The maximum absolute atomic E-state index is 3.62. The number of thiophene rings is 1. The lowest BCUT2D eigenvalue weighted by Gasteiger charge is -2.22. The first-order valence-corrected chi connectivity index (χ1v) is 7.90. The van der Waals surface area contributed by atoms with Crippen molar-refractivity contribution in [2.45, 2.75) is 33.2 Å². The summed E-state index contributed by atoms with van der Waals surface area (Å²) in [4.78, 5) is 0. The van der Waals surface area contributed by atoms with E-state index in [-0.39, 0.29) is 0 Å². The van der Waals surface area contributed by atoms with E-state index in [0.717, 1.165) is 13.1 Å². The van der Waals surface area contributed by atoms with Gasteiger partial charge in [-0.1, -0.05) is 44.2 Å². The van der Waals surface area contributed by atoms with Gasteiger partial charge in [0.2, 0.25) is 0 Å². The number of nitrogens with one attached hydrogen (secondary N) is 1. The summed E-state index contributed by atoms with van der Waals surface area (Å²) in [6, 6.07) is 10.8. The van der Waals surface area contributed by atoms with Crippen molar-refractivity contribution < 1.29 is 0 Å². The Balaban J connectivity index is 1.93. The predicted octanol–water partition coefficient (Wildman–Crippen LogP) is 4.59. The largest absolute Gasteiger partial charge is 0.312 e. The van der Waals surface area contributed by atoms with E-state index < -0.39 is 0 Å². The van der Waals surface area contributed by atoms with E-state index >= 15 is 0 Å². The Morgan fingerprint density at radius 2 is 1.84 bits per heavy atom. The van der Waals surface area contributed by atoms with Gasteiger partial charge < -0.3 is 5.32 Å². The molecule has 1 nitrogen and oxygen atoms in total. The van der Waals surface area contributed by atoms with E-state index in [0.29, 0.717) is 11.8 Å². The van der Waals surface area contributed by atoms with Crippen LogP contribution in [0.4, 0.5) is 0 Å². The van der Waals surface area contributed by atoms with Gasteiger partial charge in [-0.2, -0.15) is 11.3 Å². The van der Waals surface area contributed by atoms with Gasteiger partial charge in [0.25, 0.3) is 0 Å². The van der Waals surface area contributed by atoms with Gasteiger partial charge in [-0.15, -0.1) is 0 Å². The van der Waals surface area contributed by atoms with Crippen LogP contribution in [0.2, 0.25) is 0 Å². The molecule has 1 heterocycles. The zero-order valence-corrected chi connectivity index (χ0v) is 12.8. The van der Waals surface area contributed by atoms with Gasteiger partial charge in [0.05, 0.1) is 0 Å². The summed E-state index contributed by atoms with van der Waals surface area (Å²) >= 11 is 1.79. The van der Waals surface area contributed by atoms with E-state index in [1.54, 1.807) is 11.3 Å². The van der Waals surface area contributed by atoms with Crippen LogP contribution >= 0.6 is 11.3 Å². The molecule has 0 amide bonds. The summed E-state index contributed by atoms with van der Waals surface area (Å²) in [5.41, 5.74) is 4.27. The minimum Gasteiger partial charge on any atom is -0.312 e. The van der Waals surface area contributed by atoms with E-state index in [2.05, 4.69) is 67.2 Å². The molecule has 0 bridgehead atoms. The average molecular weight is 273 g/mol. The average Bonchev–Trinajstić information content (AvgIpc) is 2.81. The Morgan fingerprint density at radius 1 is 1.11 bits per heavy atom. The van der Waals surface area contributed by atoms with Crippen molar-refractivity contribution in [1.29, 1.82) is 0 Å². The third-order valence-electron chi connectivity index (χ3n) is 3.67. The molecule has 1 atom stereocenters. The molecule has 0 aliphatic heterocycles. The van der Waals surface area contributed by atoms with Crippen molar-refractivity contribution in [3.05, 3.63) is 57.8 Å². The molecular formula is C17H23NS. The van der Waals surface area contributed by atoms with Crippen LogP contribution in [0.5, 0.6) is 0 Å². The Morgan fingerprint density at radius 3 is 2.42 bits per heavy atom. The predicted molar refractivity (Wildman–Crippen MR) is 84.8 cm³/mol. The summed E-state index contributed by atoms with van der Waals surface area (Å²) < 4.78 is 0. The second-order valence-electron chi connectivity index (χ2n) is 5.47. The second kappa shape index (κ2) is 6.88. The molecule has 0 fully saturated rings. The van der Waals surface area contributed by atoms with E-state index in [4.69, 9.17) is 0 Å². The molecule has 19 heavy (non-hydrogen) atoms. The summed E-state index contributed by atoms with van der Waals surface area (Å²) in [6.07, 6.45) is 0. The molecule has 0 spiro atoms. The van der Waals surface area contributed by atoms with Crippen LogP contribution in [0.15, 0.2) is 41.1 Å². The van der Waals surface area contributed by atoms with Crippen LogP contribution in [-0.2, 0) is 6.54 Å². The highest BCUT2D eigenvalue weighted by Crippen LogP contribution is 2.23. The summed E-state index contributed by atoms with van der Waals surface area (Å²) in [6.45, 7) is 8.80. The highest BCUT2D eigenvalue weighted by atomic mass is 32.1. The van der Waals surface area contributed by atoms with Gasteiger partial charge in [0, 0.05) is 13.1 Å². The normalized spacial score (nSPS) is 12.8. The maximum atomic E-state index is 3.62. The molecule has 2 rings (SSSR count). The molecule has 0 saturated carbocycles. The van der Waals surface area contributed by atoms with Crippen LogP contribution in [0.3, 0.4) is 0 Å². The molecule has 0 aliphatic rings. The third-order valence-corrected chi connectivity index (χ3v) is 4.58. The quantitative estimate of drug-likeness (QED) is 0.812. The SMILES string of the molecule is Cc1cscc1CNCC(c1ccccc1)C(C)C. The summed E-state index contributed by atoms with van der Waals surface area (Å²) in [5, 5.41) is 8.08. The van der Waals surface area contributed by atoms with Gasteiger partial charge in [-0.05, 0) is 46.2 Å². The molecule has 102 valence electrons. The van der Waals surface area contributed by atoms with Gasteiger partial charge in [0.1, 0.15) is 0 Å². The minimum atomic E-state index is 0.583. The smallest absolute Gasteiger partial charge is 0.0216 e. The topological polar surface area (TPSA) is 12.0 Å². The minimum absolute atomic E-state index is 0.583. The van der Waals surface area contributed by atoms with Gasteiger partial charge >= 0.3 is 0 Å². The number of benzene rings is 1. The lowest BCUT2D eigenvalue weighted by atomic mass is 9.88. The van der Waals surface area contributed by atoms with E-state index in [1.165, 1.54) is 16.7 Å². The Bertz CT molecular complexity index is 487. The zero-order chi connectivity index (χ0) is 13.7. The number of rotatable bonds is 6. The molecule has 1 aromatic carbocycles. The lowest BCUT2D eigenvalue weighted by Crippen LogP contribution is -2.24. The molecule has 1 unspecified atom stereocenters. The first-order valence-electron chi connectivity index (χ1n) is 6.96. The second-order valence-corrected chi connectivity index (χ2v) is 6.22. The van der Waals surface area contributed by atoms with E-state index in [1.807, 2.05) is 0 Å². The Labute approximate surface area is 120 Å². The Hall–Kier alpha value is -1.12. The number of hydrogen-bond acceptors (Lipinski definition) is 2. The first-order chi connectivity index (χ1) is 9.18. The van der Waals surface area contributed by atoms with Crippen LogP contribution in [0.1, 0.15) is 36.5 Å². The van der Waals surface area contributed by atoms with Crippen molar-refractivity contribution in [3.8, 4) is 0 Å². The molecule has 0 saturated heterocycles. The highest BCUT2D eigenvalue weighted by Gasteiger charge is 2.15. The van der Waals surface area contributed by atoms with Crippen LogP contribution < -0.4 is 5.32 Å². The Kier molecular flexibility index (Phi) is 5.17. The monoisotopic (exact) mass is 273 g/mol. The standard InChI is InChI=1S/C17H23NS/c1-13(2)17(15-7-5-4-6-8-15)10-18-9-16-12-19-11-14(16)3/h4-8,11-13,17-18H,9-10H2,1-3H3. The third kappa shape index (κ3) is 3.92. The highest BCUT2D eigenvalue weighted by molar-refractivity contribution is 7.08. The van der Waals surface area contributed by atoms with Crippen LogP contribution in [-0.4, -0.2) is 6.54 Å². The lowest BCUT2D eigenvalue weighted by molar-refractivity contribution is 0.461. The van der Waals surface area contributed by atoms with Gasteiger partial charge in [-0.25, -0.2) is 0 Å². The molecule has 2 aromatic rings. The fourth-order valence-corrected chi connectivity index (χ4v) is 3.23. The molecule has 2 heteroatoms. The fourth-order valence-electron chi connectivity index (χ4n) is 2.37. The maximum Gasteiger partial charge on any atom is 0.0216 e. The fraction of sp³-hybridized carbons (Fsp3) is 0.412. The van der Waals surface area contributed by atoms with Crippen LogP contribution in [0.25, 0.3) is 0 Å². The molecular weight excluding hydrogens is 250 g/mol. The van der Waals surface area contributed by atoms with E-state index in [9.17, 15) is 0 Å². The summed E-state index contributed by atoms with van der Waals surface area (Å²) in [5.74, 6) is 1.23. The van der Waals surface area contributed by atoms with Crippen molar-refractivity contribution in [1.82, 2.24) is 5.32 Å². The number of aryl methyl sites for hydroxylation is 1. The zero-order valence-electron chi connectivity index (χ0n) is 12.0. The summed E-state index contributed by atoms with van der Waals surface area (Å²) in [7, 11) is 0. The number of hydrogen-bond donors (Lipinski definition) is 1. The van der Waals surface area contributed by atoms with Crippen molar-refractivity contribution in [2.75, 3.05) is 6.54 Å². The van der Waals surface area contributed by atoms with Crippen molar-refractivity contribution in [2.24, 2.45) is 5.92 Å². The molecule has 1 N–H and O–H groups in total. The molecule has 0 radical (unpaired) electrons. The first kappa shape index (κ1) is 14.3.